The molecule has 0 aliphatic heterocycles. The van der Waals surface area contributed by atoms with E-state index in [4.69, 9.17) is 11.6 Å². The summed E-state index contributed by atoms with van der Waals surface area (Å²) in [4.78, 5) is 0. The largest absolute Gasteiger partial charge is 0.126 e. The van der Waals surface area contributed by atoms with E-state index in [2.05, 4.69) is 33.4 Å². The summed E-state index contributed by atoms with van der Waals surface area (Å²) in [7, 11) is 0. The molecule has 17 heavy (non-hydrogen) atoms. The van der Waals surface area contributed by atoms with Gasteiger partial charge in [0.2, 0.25) is 0 Å². The topological polar surface area (TPSA) is 0 Å². The molecular formula is C16H27Cl. The first-order valence-electron chi connectivity index (χ1n) is 6.96. The van der Waals surface area contributed by atoms with E-state index < -0.39 is 0 Å². The summed E-state index contributed by atoms with van der Waals surface area (Å²) in [5.41, 5.74) is 3.23. The molecule has 2 atom stereocenters. The van der Waals surface area contributed by atoms with Crippen molar-refractivity contribution >= 4 is 11.6 Å². The molecule has 0 bridgehead atoms. The maximum atomic E-state index is 5.87. The predicted molar refractivity (Wildman–Crippen MR) is 78.6 cm³/mol. The van der Waals surface area contributed by atoms with Crippen LogP contribution in [-0.2, 0) is 0 Å². The maximum absolute atomic E-state index is 5.87. The molecule has 0 aromatic carbocycles. The Balaban J connectivity index is 2.62. The molecule has 1 saturated carbocycles. The second-order valence-corrected chi connectivity index (χ2v) is 6.09. The van der Waals surface area contributed by atoms with E-state index >= 15 is 0 Å². The van der Waals surface area contributed by atoms with Crippen LogP contribution in [0, 0.1) is 11.3 Å². The first-order valence-corrected chi connectivity index (χ1v) is 7.49. The van der Waals surface area contributed by atoms with Crippen molar-refractivity contribution in [2.45, 2.75) is 59.3 Å². The third-order valence-corrected chi connectivity index (χ3v) is 4.18. The molecule has 1 rings (SSSR count). The second kappa shape index (κ2) is 6.64. The summed E-state index contributed by atoms with van der Waals surface area (Å²) in [5, 5.41) is 0. The van der Waals surface area contributed by atoms with Gasteiger partial charge in [-0.1, -0.05) is 50.0 Å². The van der Waals surface area contributed by atoms with Gasteiger partial charge in [-0.15, -0.1) is 11.6 Å². The Hall–Kier alpha value is -0.230. The normalized spacial score (nSPS) is 26.7. The van der Waals surface area contributed by atoms with Gasteiger partial charge < -0.3 is 0 Å². The van der Waals surface area contributed by atoms with E-state index in [-0.39, 0.29) is 0 Å². The molecule has 0 aromatic heterocycles. The SMILES string of the molecule is C=C(CCCl)[C@@]1(CCCCC)C[C@H]1C=C(C)C. The first kappa shape index (κ1) is 14.8. The van der Waals surface area contributed by atoms with Gasteiger partial charge in [-0.2, -0.15) is 0 Å². The molecule has 1 aliphatic rings. The van der Waals surface area contributed by atoms with Gasteiger partial charge in [0.25, 0.3) is 0 Å². The van der Waals surface area contributed by atoms with E-state index in [1.54, 1.807) is 0 Å². The zero-order valence-corrected chi connectivity index (χ0v) is 12.4. The average Bonchev–Trinajstić information content (AvgIpc) is 2.93. The van der Waals surface area contributed by atoms with Gasteiger partial charge in [-0.25, -0.2) is 0 Å². The van der Waals surface area contributed by atoms with E-state index in [1.165, 1.54) is 43.3 Å². The lowest BCUT2D eigenvalue weighted by molar-refractivity contribution is 0.473. The number of unbranched alkanes of at least 4 members (excludes halogenated alkanes) is 2. The van der Waals surface area contributed by atoms with Crippen LogP contribution in [0.4, 0.5) is 0 Å². The van der Waals surface area contributed by atoms with Crippen LogP contribution in [-0.4, -0.2) is 5.88 Å². The molecule has 0 heterocycles. The van der Waals surface area contributed by atoms with E-state index in [9.17, 15) is 0 Å². The zero-order valence-electron chi connectivity index (χ0n) is 11.7. The summed E-state index contributed by atoms with van der Waals surface area (Å²) >= 11 is 5.87. The Labute approximate surface area is 112 Å². The third-order valence-electron chi connectivity index (χ3n) is 4.00. The minimum atomic E-state index is 0.404. The molecule has 1 fully saturated rings. The molecule has 0 aromatic rings. The fourth-order valence-corrected chi connectivity index (χ4v) is 3.11. The molecule has 0 N–H and O–H groups in total. The summed E-state index contributed by atoms with van der Waals surface area (Å²) in [6, 6.07) is 0. The second-order valence-electron chi connectivity index (χ2n) is 5.71. The van der Waals surface area contributed by atoms with Crippen molar-refractivity contribution in [3.05, 3.63) is 23.8 Å². The zero-order chi connectivity index (χ0) is 12.9. The molecule has 0 saturated heterocycles. The summed E-state index contributed by atoms with van der Waals surface area (Å²) in [6.45, 7) is 11.0. The third kappa shape index (κ3) is 3.88. The van der Waals surface area contributed by atoms with Crippen molar-refractivity contribution in [2.24, 2.45) is 11.3 Å². The molecule has 0 nitrogen and oxygen atoms in total. The van der Waals surface area contributed by atoms with Crippen molar-refractivity contribution in [2.75, 3.05) is 5.88 Å². The van der Waals surface area contributed by atoms with E-state index in [0.29, 0.717) is 5.41 Å². The quantitative estimate of drug-likeness (QED) is 0.295. The molecule has 1 heteroatoms. The fourth-order valence-electron chi connectivity index (χ4n) is 2.88. The standard InChI is InChI=1S/C16H27Cl/c1-5-6-7-9-16(14(4)8-10-17)12-15(16)11-13(2)3/h11,15H,4-10,12H2,1-3H3/t15-,16-/m1/s1. The van der Waals surface area contributed by atoms with Crippen LogP contribution in [0.25, 0.3) is 0 Å². The molecule has 0 unspecified atom stereocenters. The molecule has 1 aliphatic carbocycles. The number of halogens is 1. The highest BCUT2D eigenvalue weighted by molar-refractivity contribution is 6.18. The van der Waals surface area contributed by atoms with Crippen LogP contribution in [0.2, 0.25) is 0 Å². The molecule has 0 amide bonds. The van der Waals surface area contributed by atoms with Gasteiger partial charge in [-0.05, 0) is 44.4 Å². The van der Waals surface area contributed by atoms with Gasteiger partial charge in [0.05, 0.1) is 0 Å². The average molecular weight is 255 g/mol. The Morgan fingerprint density at radius 2 is 2.12 bits per heavy atom. The fraction of sp³-hybridized carbons (Fsp3) is 0.750. The highest BCUT2D eigenvalue weighted by Gasteiger charge is 2.53. The number of hydrogen-bond donors (Lipinski definition) is 0. The smallest absolute Gasteiger partial charge is 0.0260 e. The highest BCUT2D eigenvalue weighted by atomic mass is 35.5. The Morgan fingerprint density at radius 3 is 2.65 bits per heavy atom. The Kier molecular flexibility index (Phi) is 5.79. The number of allylic oxidation sites excluding steroid dienone is 3. The van der Waals surface area contributed by atoms with Crippen molar-refractivity contribution in [1.29, 1.82) is 0 Å². The van der Waals surface area contributed by atoms with Crippen LogP contribution in [0.1, 0.15) is 59.3 Å². The van der Waals surface area contributed by atoms with Gasteiger partial charge in [0, 0.05) is 5.88 Å². The monoisotopic (exact) mass is 254 g/mol. The van der Waals surface area contributed by atoms with Gasteiger partial charge in [0.1, 0.15) is 0 Å². The summed E-state index contributed by atoms with van der Waals surface area (Å²) in [5.74, 6) is 1.45. The minimum Gasteiger partial charge on any atom is -0.126 e. The lowest BCUT2D eigenvalue weighted by Gasteiger charge is -2.19. The summed E-state index contributed by atoms with van der Waals surface area (Å²) < 4.78 is 0. The Morgan fingerprint density at radius 1 is 1.41 bits per heavy atom. The lowest BCUT2D eigenvalue weighted by atomic mass is 9.86. The highest BCUT2D eigenvalue weighted by Crippen LogP contribution is 2.62. The Bertz CT molecular complexity index is 286. The van der Waals surface area contributed by atoms with E-state index in [0.717, 1.165) is 18.2 Å². The maximum Gasteiger partial charge on any atom is 0.0260 e. The van der Waals surface area contributed by atoms with Crippen molar-refractivity contribution in [3.8, 4) is 0 Å². The van der Waals surface area contributed by atoms with Crippen LogP contribution >= 0.6 is 11.6 Å². The number of alkyl halides is 1. The number of rotatable bonds is 8. The van der Waals surface area contributed by atoms with Crippen LogP contribution in [0.5, 0.6) is 0 Å². The van der Waals surface area contributed by atoms with Crippen molar-refractivity contribution in [1.82, 2.24) is 0 Å². The van der Waals surface area contributed by atoms with E-state index in [1.807, 2.05) is 0 Å². The molecule has 0 spiro atoms. The number of hydrogen-bond acceptors (Lipinski definition) is 0. The van der Waals surface area contributed by atoms with Crippen LogP contribution < -0.4 is 0 Å². The van der Waals surface area contributed by atoms with Crippen molar-refractivity contribution < 1.29 is 0 Å². The minimum absolute atomic E-state index is 0.404. The van der Waals surface area contributed by atoms with Crippen molar-refractivity contribution in [3.63, 3.8) is 0 Å². The van der Waals surface area contributed by atoms with Crippen LogP contribution in [0.3, 0.4) is 0 Å². The van der Waals surface area contributed by atoms with Gasteiger partial charge >= 0.3 is 0 Å². The molecule has 0 radical (unpaired) electrons. The first-order chi connectivity index (χ1) is 8.06. The molecule has 98 valence electrons. The van der Waals surface area contributed by atoms with Crippen LogP contribution in [0.15, 0.2) is 23.8 Å². The summed E-state index contributed by atoms with van der Waals surface area (Å²) in [6.07, 6.45) is 10.0. The molecular weight excluding hydrogens is 228 g/mol. The predicted octanol–water partition coefficient (Wildman–Crippen LogP) is 5.72. The van der Waals surface area contributed by atoms with Gasteiger partial charge in [-0.3, -0.25) is 0 Å². The lowest BCUT2D eigenvalue weighted by Crippen LogP contribution is -2.08. The van der Waals surface area contributed by atoms with Gasteiger partial charge in [0.15, 0.2) is 0 Å².